The molecule has 1 aliphatic rings. The summed E-state index contributed by atoms with van der Waals surface area (Å²) in [6.45, 7) is 2.14. The molecule has 0 aliphatic carbocycles. The molecule has 0 aromatic carbocycles. The Morgan fingerprint density at radius 2 is 2.20 bits per heavy atom. The largest absolute Gasteiger partial charge is 0.463 e. The van der Waals surface area contributed by atoms with E-state index in [0.717, 1.165) is 54.2 Å². The summed E-state index contributed by atoms with van der Waals surface area (Å²) >= 11 is 0. The van der Waals surface area contributed by atoms with E-state index in [-0.39, 0.29) is 0 Å². The van der Waals surface area contributed by atoms with Crippen LogP contribution in [0, 0.1) is 0 Å². The van der Waals surface area contributed by atoms with Crippen LogP contribution < -0.4 is 10.3 Å². The molecule has 0 saturated carbocycles. The number of H-pyrrole nitrogens is 2. The number of nitrogens with one attached hydrogen (secondary N) is 3. The second-order valence-electron chi connectivity index (χ2n) is 5.27. The zero-order valence-corrected chi connectivity index (χ0v) is 11.1. The van der Waals surface area contributed by atoms with E-state index in [0.29, 0.717) is 5.92 Å². The minimum absolute atomic E-state index is 0.530. The van der Waals surface area contributed by atoms with Crippen molar-refractivity contribution in [3.05, 3.63) is 36.5 Å². The van der Waals surface area contributed by atoms with Crippen molar-refractivity contribution in [2.75, 3.05) is 13.1 Å². The highest BCUT2D eigenvalue weighted by molar-refractivity contribution is 5.80. The molecule has 0 unspecified atom stereocenters. The van der Waals surface area contributed by atoms with Gasteiger partial charge in [0.05, 0.1) is 17.9 Å². The minimum atomic E-state index is 0.530. The summed E-state index contributed by atoms with van der Waals surface area (Å²) in [5.41, 5.74) is 2.96. The average molecular weight is 269 g/mol. The van der Waals surface area contributed by atoms with E-state index in [1.165, 1.54) is 0 Å². The fourth-order valence-electron chi connectivity index (χ4n) is 2.84. The van der Waals surface area contributed by atoms with Crippen molar-refractivity contribution >= 4 is 11.0 Å². The lowest BCUT2D eigenvalue weighted by Crippen LogP contribution is -2.30. The zero-order valence-electron chi connectivity index (χ0n) is 11.1. The van der Waals surface area contributed by atoms with Crippen molar-refractivity contribution in [2.24, 2.45) is 0 Å². The molecular formula is C15H17N4O+. The van der Waals surface area contributed by atoms with Crippen LogP contribution in [0.4, 0.5) is 0 Å². The quantitative estimate of drug-likeness (QED) is 0.748. The molecule has 4 rings (SSSR count). The third kappa shape index (κ3) is 2.00. The Bertz CT molecular complexity index is 711. The van der Waals surface area contributed by atoms with Gasteiger partial charge < -0.3 is 14.7 Å². The molecule has 1 fully saturated rings. The molecule has 0 spiro atoms. The summed E-state index contributed by atoms with van der Waals surface area (Å²) in [5.74, 6) is 2.46. The summed E-state index contributed by atoms with van der Waals surface area (Å²) in [6, 6.07) is 5.88. The summed E-state index contributed by atoms with van der Waals surface area (Å²) in [6.07, 6.45) is 5.97. The molecule has 0 amide bonds. The number of rotatable bonds is 2. The molecule has 5 heteroatoms. The van der Waals surface area contributed by atoms with Crippen molar-refractivity contribution in [2.45, 2.75) is 18.8 Å². The SMILES string of the molecule is c1coc(-c2cc3nc(C4CCNCC4)[nH+]cc3[nH]2)c1. The van der Waals surface area contributed by atoms with Crippen molar-refractivity contribution in [3.8, 4) is 11.5 Å². The number of aromatic amines is 2. The highest BCUT2D eigenvalue weighted by Crippen LogP contribution is 2.25. The first kappa shape index (κ1) is 11.7. The number of piperidine rings is 1. The lowest BCUT2D eigenvalue weighted by molar-refractivity contribution is -0.396. The number of hydrogen-bond donors (Lipinski definition) is 2. The Kier molecular flexibility index (Phi) is 2.77. The lowest BCUT2D eigenvalue weighted by Gasteiger charge is -2.17. The van der Waals surface area contributed by atoms with E-state index in [9.17, 15) is 0 Å². The first-order valence-corrected chi connectivity index (χ1v) is 7.06. The standard InChI is InChI=1S/C15H16N4O/c1-2-14(20-7-1)12-8-11-13(18-12)9-17-15(19-11)10-3-5-16-6-4-10/h1-2,7-10,16,18H,3-6H2/p+1. The van der Waals surface area contributed by atoms with E-state index in [2.05, 4.69) is 15.3 Å². The van der Waals surface area contributed by atoms with Gasteiger partial charge in [-0.2, -0.15) is 0 Å². The van der Waals surface area contributed by atoms with Crippen molar-refractivity contribution < 1.29 is 9.40 Å². The van der Waals surface area contributed by atoms with Crippen LogP contribution in [0.3, 0.4) is 0 Å². The van der Waals surface area contributed by atoms with Gasteiger partial charge in [-0.3, -0.25) is 0 Å². The third-order valence-electron chi connectivity index (χ3n) is 3.94. The van der Waals surface area contributed by atoms with Crippen LogP contribution in [0.1, 0.15) is 24.6 Å². The van der Waals surface area contributed by atoms with Gasteiger partial charge in [-0.05, 0) is 43.0 Å². The highest BCUT2D eigenvalue weighted by Gasteiger charge is 2.24. The van der Waals surface area contributed by atoms with Crippen LogP contribution in [0.5, 0.6) is 0 Å². The normalized spacial score (nSPS) is 16.8. The summed E-state index contributed by atoms with van der Waals surface area (Å²) in [4.78, 5) is 11.4. The predicted molar refractivity (Wildman–Crippen MR) is 75.2 cm³/mol. The topological polar surface area (TPSA) is 68.0 Å². The Balaban J connectivity index is 1.72. The Morgan fingerprint density at radius 3 is 3.00 bits per heavy atom. The lowest BCUT2D eigenvalue weighted by atomic mass is 9.97. The molecule has 1 aliphatic heterocycles. The molecular weight excluding hydrogens is 252 g/mol. The third-order valence-corrected chi connectivity index (χ3v) is 3.94. The van der Waals surface area contributed by atoms with E-state index in [4.69, 9.17) is 9.40 Å². The molecule has 0 radical (unpaired) electrons. The molecule has 3 N–H and O–H groups in total. The zero-order chi connectivity index (χ0) is 13.4. The fourth-order valence-corrected chi connectivity index (χ4v) is 2.84. The van der Waals surface area contributed by atoms with Gasteiger partial charge in [-0.15, -0.1) is 0 Å². The Hall–Kier alpha value is -2.14. The van der Waals surface area contributed by atoms with E-state index in [1.807, 2.05) is 24.4 Å². The van der Waals surface area contributed by atoms with Gasteiger partial charge in [0.2, 0.25) is 5.52 Å². The van der Waals surface area contributed by atoms with Crippen molar-refractivity contribution in [1.82, 2.24) is 15.3 Å². The van der Waals surface area contributed by atoms with Gasteiger partial charge >= 0.3 is 0 Å². The van der Waals surface area contributed by atoms with Crippen LogP contribution in [0.15, 0.2) is 35.1 Å². The maximum absolute atomic E-state index is 5.42. The molecule has 102 valence electrons. The summed E-state index contributed by atoms with van der Waals surface area (Å²) in [7, 11) is 0. The molecule has 0 bridgehead atoms. The van der Waals surface area contributed by atoms with Crippen LogP contribution in [-0.4, -0.2) is 23.1 Å². The monoisotopic (exact) mass is 269 g/mol. The smallest absolute Gasteiger partial charge is 0.300 e. The first-order valence-electron chi connectivity index (χ1n) is 7.06. The molecule has 4 heterocycles. The second-order valence-corrected chi connectivity index (χ2v) is 5.27. The molecule has 3 aromatic rings. The average Bonchev–Trinajstić information content (AvgIpc) is 3.16. The van der Waals surface area contributed by atoms with Crippen LogP contribution in [0.25, 0.3) is 22.5 Å². The fraction of sp³-hybridized carbons (Fsp3) is 0.333. The summed E-state index contributed by atoms with van der Waals surface area (Å²) in [5, 5.41) is 3.38. The van der Waals surface area contributed by atoms with Crippen molar-refractivity contribution in [3.63, 3.8) is 0 Å². The number of nitrogens with zero attached hydrogens (tertiary/aromatic N) is 1. The maximum Gasteiger partial charge on any atom is 0.300 e. The maximum atomic E-state index is 5.42. The molecule has 1 saturated heterocycles. The van der Waals surface area contributed by atoms with E-state index in [1.54, 1.807) is 6.26 Å². The van der Waals surface area contributed by atoms with Gasteiger partial charge in [-0.1, -0.05) is 0 Å². The number of aromatic nitrogens is 3. The molecule has 20 heavy (non-hydrogen) atoms. The van der Waals surface area contributed by atoms with Crippen molar-refractivity contribution in [1.29, 1.82) is 0 Å². The van der Waals surface area contributed by atoms with E-state index >= 15 is 0 Å². The number of fused-ring (bicyclic) bond motifs is 1. The Labute approximate surface area is 116 Å². The van der Waals surface area contributed by atoms with Crippen LogP contribution in [-0.2, 0) is 0 Å². The number of furan rings is 1. The van der Waals surface area contributed by atoms with E-state index < -0.39 is 0 Å². The van der Waals surface area contributed by atoms with Gasteiger partial charge in [0.25, 0.3) is 5.82 Å². The van der Waals surface area contributed by atoms with Gasteiger partial charge in [0.15, 0.2) is 0 Å². The molecule has 3 aromatic heterocycles. The first-order chi connectivity index (χ1) is 9.90. The summed E-state index contributed by atoms with van der Waals surface area (Å²) < 4.78 is 5.42. The number of hydrogen-bond acceptors (Lipinski definition) is 3. The second kappa shape index (κ2) is 4.76. The predicted octanol–water partition coefficient (Wildman–Crippen LogP) is 2.10. The van der Waals surface area contributed by atoms with Gasteiger partial charge in [0, 0.05) is 6.07 Å². The molecule has 5 nitrogen and oxygen atoms in total. The highest BCUT2D eigenvalue weighted by atomic mass is 16.3. The van der Waals surface area contributed by atoms with Gasteiger partial charge in [-0.25, -0.2) is 4.98 Å². The van der Waals surface area contributed by atoms with Crippen LogP contribution >= 0.6 is 0 Å². The Morgan fingerprint density at radius 1 is 1.30 bits per heavy atom. The minimum Gasteiger partial charge on any atom is -0.463 e. The molecule has 0 atom stereocenters. The van der Waals surface area contributed by atoms with Crippen LogP contribution in [0.2, 0.25) is 0 Å². The van der Waals surface area contributed by atoms with Gasteiger partial charge in [0.1, 0.15) is 17.5 Å².